The Kier molecular flexibility index (Phi) is 11.5. The van der Waals surface area contributed by atoms with Crippen molar-refractivity contribution in [3.05, 3.63) is 107 Å². The largest absolute Gasteiger partial charge is 0.416 e. The van der Waals surface area contributed by atoms with Gasteiger partial charge in [0.25, 0.3) is 5.91 Å². The average molecular weight is 624 g/mol. The Hall–Kier alpha value is -4.28. The fourth-order valence-electron chi connectivity index (χ4n) is 4.80. The van der Waals surface area contributed by atoms with Crippen LogP contribution in [0.3, 0.4) is 0 Å². The van der Waals surface area contributed by atoms with E-state index in [0.717, 1.165) is 55.6 Å². The van der Waals surface area contributed by atoms with Gasteiger partial charge >= 0.3 is 6.18 Å². The summed E-state index contributed by atoms with van der Waals surface area (Å²) in [7, 11) is 1.69. The first-order chi connectivity index (χ1) is 21.2. The number of nitrogens with zero attached hydrogens (tertiary/aromatic N) is 3. The van der Waals surface area contributed by atoms with Crippen LogP contribution in [0.5, 0.6) is 0 Å². The normalized spacial score (nSPS) is 13.1. The maximum atomic E-state index is 12.9. The van der Waals surface area contributed by atoms with E-state index in [0.29, 0.717) is 40.4 Å². The second kappa shape index (κ2) is 15.4. The van der Waals surface area contributed by atoms with E-state index >= 15 is 0 Å². The molecule has 2 aromatic heterocycles. The number of hydrogen-bond donors (Lipinski definition) is 2. The van der Waals surface area contributed by atoms with E-state index < -0.39 is 11.7 Å². The van der Waals surface area contributed by atoms with Gasteiger partial charge in [0.15, 0.2) is 0 Å². The predicted molar refractivity (Wildman–Crippen MR) is 167 cm³/mol. The molecule has 4 aromatic rings. The number of benzene rings is 2. The molecule has 1 saturated heterocycles. The molecule has 3 heterocycles. The molecule has 230 valence electrons. The van der Waals surface area contributed by atoms with E-state index in [1.807, 2.05) is 18.2 Å². The Balaban J connectivity index is 0.000000285. The molecule has 1 fully saturated rings. The third-order valence-corrected chi connectivity index (χ3v) is 7.25. The van der Waals surface area contributed by atoms with Crippen LogP contribution in [-0.4, -0.2) is 42.3 Å². The van der Waals surface area contributed by atoms with Crippen molar-refractivity contribution in [2.24, 2.45) is 0 Å². The van der Waals surface area contributed by atoms with Crippen LogP contribution >= 0.6 is 11.6 Å². The molecule has 5 rings (SSSR count). The first kappa shape index (κ1) is 32.6. The zero-order valence-electron chi connectivity index (χ0n) is 24.2. The number of alkyl halides is 4. The summed E-state index contributed by atoms with van der Waals surface area (Å²) in [5.74, 6) is -0.0928. The maximum absolute atomic E-state index is 12.9. The number of aromatic nitrogens is 2. The van der Waals surface area contributed by atoms with Gasteiger partial charge in [-0.3, -0.25) is 14.6 Å². The lowest BCUT2D eigenvalue weighted by Gasteiger charge is -2.29. The highest BCUT2D eigenvalue weighted by Crippen LogP contribution is 2.33. The number of aldehydes is 1. The monoisotopic (exact) mass is 623 g/mol. The number of piperidine rings is 1. The zero-order chi connectivity index (χ0) is 31.5. The van der Waals surface area contributed by atoms with E-state index in [1.54, 1.807) is 49.6 Å². The Labute approximate surface area is 259 Å². The van der Waals surface area contributed by atoms with Crippen LogP contribution in [0.1, 0.15) is 56.9 Å². The third-order valence-electron chi connectivity index (χ3n) is 6.98. The molecule has 0 unspecified atom stereocenters. The Bertz CT molecular complexity index is 1580. The second-order valence-corrected chi connectivity index (χ2v) is 10.5. The molecule has 1 amide bonds. The maximum Gasteiger partial charge on any atom is 0.416 e. The summed E-state index contributed by atoms with van der Waals surface area (Å²) >= 11 is 5.85. The number of amides is 1. The highest BCUT2D eigenvalue weighted by atomic mass is 35.5. The molecule has 2 N–H and O–H groups in total. The highest BCUT2D eigenvalue weighted by molar-refractivity contribution is 6.17. The van der Waals surface area contributed by atoms with Crippen LogP contribution in [0, 0.1) is 0 Å². The number of pyridine rings is 2. The van der Waals surface area contributed by atoms with Crippen molar-refractivity contribution in [2.75, 3.05) is 30.4 Å². The summed E-state index contributed by atoms with van der Waals surface area (Å²) in [4.78, 5) is 35.2. The minimum Gasteiger partial charge on any atom is -0.372 e. The first-order valence-electron chi connectivity index (χ1n) is 14.2. The molecule has 1 aliphatic rings. The summed E-state index contributed by atoms with van der Waals surface area (Å²) < 4.78 is 36.6. The van der Waals surface area contributed by atoms with Crippen molar-refractivity contribution in [3.63, 3.8) is 0 Å². The fourth-order valence-corrected chi connectivity index (χ4v) is 4.95. The Morgan fingerprint density at radius 2 is 1.77 bits per heavy atom. The number of anilines is 2. The molecule has 0 bridgehead atoms. The Morgan fingerprint density at radius 3 is 2.48 bits per heavy atom. The number of carbonyl (C=O) groups is 2. The molecular weight excluding hydrogens is 591 g/mol. The van der Waals surface area contributed by atoms with Gasteiger partial charge in [0, 0.05) is 42.6 Å². The molecular formula is C33H33ClF3N5O2. The molecule has 0 aliphatic carbocycles. The standard InChI is InChI=1S/C24H23ClN4O2.C9H10F3N/c25-15-18-5-4-6-22(27-18)24(31)28-21-8-7-19(29-11-2-1-3-12-29)14-20(21)23-13-17(16-30)9-10-26-23;1-13-6-7-3-2-4-8(5-7)9(10,11)12/h4-10,13-14,16H,1-3,11-12,15H2,(H,28,31);2-5,13H,6H2,1H3. The summed E-state index contributed by atoms with van der Waals surface area (Å²) in [5.41, 5.74) is 4.57. The lowest BCUT2D eigenvalue weighted by atomic mass is 10.0. The molecule has 1 aliphatic heterocycles. The molecule has 0 atom stereocenters. The van der Waals surface area contributed by atoms with Crippen LogP contribution in [-0.2, 0) is 18.6 Å². The van der Waals surface area contributed by atoms with Crippen LogP contribution in [0.4, 0.5) is 24.5 Å². The fraction of sp³-hybridized carbons (Fsp3) is 0.273. The van der Waals surface area contributed by atoms with Crippen LogP contribution in [0.15, 0.2) is 79.0 Å². The van der Waals surface area contributed by atoms with Crippen LogP contribution in [0.2, 0.25) is 0 Å². The minimum absolute atomic E-state index is 0.235. The SMILES string of the molecule is CNCc1cccc(C(F)(F)F)c1.O=Cc1ccnc(-c2cc(N3CCCCC3)ccc2NC(=O)c2cccc(CCl)n2)c1. The van der Waals surface area contributed by atoms with Crippen LogP contribution < -0.4 is 15.5 Å². The van der Waals surface area contributed by atoms with Crippen molar-refractivity contribution in [2.45, 2.75) is 37.9 Å². The minimum atomic E-state index is -4.25. The number of hydrogen-bond acceptors (Lipinski definition) is 6. The van der Waals surface area contributed by atoms with E-state index in [4.69, 9.17) is 11.6 Å². The Morgan fingerprint density at radius 1 is 1.00 bits per heavy atom. The smallest absolute Gasteiger partial charge is 0.372 e. The van der Waals surface area contributed by atoms with Crippen molar-refractivity contribution < 1.29 is 22.8 Å². The zero-order valence-corrected chi connectivity index (χ0v) is 25.0. The topological polar surface area (TPSA) is 87.2 Å². The molecule has 0 radical (unpaired) electrons. The molecule has 44 heavy (non-hydrogen) atoms. The molecule has 0 saturated carbocycles. The first-order valence-corrected chi connectivity index (χ1v) is 14.7. The highest BCUT2D eigenvalue weighted by Gasteiger charge is 2.30. The number of carbonyl (C=O) groups excluding carboxylic acids is 2. The predicted octanol–water partition coefficient (Wildman–Crippen LogP) is 7.36. The van der Waals surface area contributed by atoms with Gasteiger partial charge in [0.05, 0.1) is 28.5 Å². The van der Waals surface area contributed by atoms with E-state index in [2.05, 4.69) is 25.5 Å². The molecule has 11 heteroatoms. The average Bonchev–Trinajstić information content (AvgIpc) is 3.05. The number of halogens is 4. The van der Waals surface area contributed by atoms with Crippen LogP contribution in [0.25, 0.3) is 11.3 Å². The van der Waals surface area contributed by atoms with Gasteiger partial charge in [-0.25, -0.2) is 4.98 Å². The van der Waals surface area contributed by atoms with E-state index in [-0.39, 0.29) is 11.8 Å². The lowest BCUT2D eigenvalue weighted by molar-refractivity contribution is -0.137. The van der Waals surface area contributed by atoms with Gasteiger partial charge in [0.2, 0.25) is 0 Å². The van der Waals surface area contributed by atoms with Gasteiger partial charge in [-0.15, -0.1) is 11.6 Å². The van der Waals surface area contributed by atoms with Gasteiger partial charge in [-0.1, -0.05) is 24.3 Å². The summed E-state index contributed by atoms with van der Waals surface area (Å²) in [6, 6.07) is 19.8. The summed E-state index contributed by atoms with van der Waals surface area (Å²) in [5, 5.41) is 5.75. The third kappa shape index (κ3) is 8.87. The van der Waals surface area contributed by atoms with E-state index in [1.165, 1.54) is 12.5 Å². The number of nitrogens with one attached hydrogen (secondary N) is 2. The van der Waals surface area contributed by atoms with Crippen molar-refractivity contribution in [1.29, 1.82) is 0 Å². The summed E-state index contributed by atoms with van der Waals surface area (Å²) in [6.07, 6.45) is 1.71. The number of rotatable bonds is 8. The van der Waals surface area contributed by atoms with Gasteiger partial charge < -0.3 is 15.5 Å². The van der Waals surface area contributed by atoms with Crippen molar-refractivity contribution in [1.82, 2.24) is 15.3 Å². The quantitative estimate of drug-likeness (QED) is 0.158. The van der Waals surface area contributed by atoms with Gasteiger partial charge in [-0.05, 0) is 80.4 Å². The molecule has 0 spiro atoms. The van der Waals surface area contributed by atoms with Gasteiger partial charge in [-0.2, -0.15) is 13.2 Å². The van der Waals surface area contributed by atoms with Crippen molar-refractivity contribution >= 4 is 35.2 Å². The summed E-state index contributed by atoms with van der Waals surface area (Å²) in [6.45, 7) is 2.45. The second-order valence-electron chi connectivity index (χ2n) is 10.2. The van der Waals surface area contributed by atoms with Crippen molar-refractivity contribution in [3.8, 4) is 11.3 Å². The van der Waals surface area contributed by atoms with Gasteiger partial charge in [0.1, 0.15) is 12.0 Å². The molecule has 7 nitrogen and oxygen atoms in total. The lowest BCUT2D eigenvalue weighted by Crippen LogP contribution is -2.29. The van der Waals surface area contributed by atoms with E-state index in [9.17, 15) is 22.8 Å². The molecule has 2 aromatic carbocycles.